The monoisotopic (exact) mass is 259 g/mol. The van der Waals surface area contributed by atoms with Gasteiger partial charge in [0.15, 0.2) is 5.82 Å². The Morgan fingerprint density at radius 2 is 2.26 bits per heavy atom. The number of hydrogen-bond acceptors (Lipinski definition) is 4. The van der Waals surface area contributed by atoms with Gasteiger partial charge in [0.1, 0.15) is 0 Å². The van der Waals surface area contributed by atoms with Crippen LogP contribution in [0.15, 0.2) is 28.8 Å². The fourth-order valence-corrected chi connectivity index (χ4v) is 1.71. The first kappa shape index (κ1) is 13.3. The van der Waals surface area contributed by atoms with Gasteiger partial charge in [-0.3, -0.25) is 4.79 Å². The Balaban J connectivity index is 2.01. The molecule has 0 aliphatic carbocycles. The Labute approximate surface area is 112 Å². The Kier molecular flexibility index (Phi) is 4.28. The summed E-state index contributed by atoms with van der Waals surface area (Å²) in [6.45, 7) is 4.27. The van der Waals surface area contributed by atoms with Crippen molar-refractivity contribution < 1.29 is 9.32 Å². The third-order valence-electron chi connectivity index (χ3n) is 2.65. The number of nitrogens with one attached hydrogen (secondary N) is 1. The lowest BCUT2D eigenvalue weighted by atomic mass is 10.1. The van der Waals surface area contributed by atoms with Crippen molar-refractivity contribution in [3.05, 3.63) is 35.7 Å². The summed E-state index contributed by atoms with van der Waals surface area (Å²) in [7, 11) is 0. The first-order chi connectivity index (χ1) is 9.19. The SMILES string of the molecule is CCCC(=O)NCc1noc(-c2cccc(C)c2)n1. The van der Waals surface area contributed by atoms with Crippen LogP contribution in [-0.2, 0) is 11.3 Å². The van der Waals surface area contributed by atoms with Crippen molar-refractivity contribution in [3.63, 3.8) is 0 Å². The maximum atomic E-state index is 11.3. The van der Waals surface area contributed by atoms with E-state index in [1.807, 2.05) is 38.1 Å². The van der Waals surface area contributed by atoms with E-state index in [1.165, 1.54) is 0 Å². The maximum Gasteiger partial charge on any atom is 0.257 e. The normalized spacial score (nSPS) is 10.4. The third kappa shape index (κ3) is 3.64. The molecular formula is C14H17N3O2. The zero-order valence-corrected chi connectivity index (χ0v) is 11.1. The van der Waals surface area contributed by atoms with E-state index in [0.717, 1.165) is 17.5 Å². The van der Waals surface area contributed by atoms with Gasteiger partial charge in [0, 0.05) is 12.0 Å². The number of nitrogens with zero attached hydrogens (tertiary/aromatic N) is 2. The second-order valence-electron chi connectivity index (χ2n) is 4.41. The van der Waals surface area contributed by atoms with Crippen molar-refractivity contribution in [3.8, 4) is 11.5 Å². The van der Waals surface area contributed by atoms with Gasteiger partial charge in [-0.1, -0.05) is 29.8 Å². The van der Waals surface area contributed by atoms with Gasteiger partial charge in [0.2, 0.25) is 5.91 Å². The quantitative estimate of drug-likeness (QED) is 0.895. The topological polar surface area (TPSA) is 68.0 Å². The number of aryl methyl sites for hydroxylation is 1. The van der Waals surface area contributed by atoms with Crippen LogP contribution in [0, 0.1) is 6.92 Å². The van der Waals surface area contributed by atoms with E-state index < -0.39 is 0 Å². The molecule has 5 nitrogen and oxygen atoms in total. The predicted octanol–water partition coefficient (Wildman–Crippen LogP) is 2.46. The highest BCUT2D eigenvalue weighted by molar-refractivity contribution is 5.75. The number of hydrogen-bond donors (Lipinski definition) is 1. The molecule has 0 atom stereocenters. The number of rotatable bonds is 5. The molecule has 19 heavy (non-hydrogen) atoms. The average molecular weight is 259 g/mol. The molecular weight excluding hydrogens is 242 g/mol. The number of benzene rings is 1. The van der Waals surface area contributed by atoms with Gasteiger partial charge in [-0.2, -0.15) is 4.98 Å². The summed E-state index contributed by atoms with van der Waals surface area (Å²) in [5, 5.41) is 6.61. The molecule has 0 spiro atoms. The Hall–Kier alpha value is -2.17. The van der Waals surface area contributed by atoms with Crippen LogP contribution in [0.1, 0.15) is 31.2 Å². The molecule has 1 aromatic carbocycles. The maximum absolute atomic E-state index is 11.3. The lowest BCUT2D eigenvalue weighted by Crippen LogP contribution is -2.22. The summed E-state index contributed by atoms with van der Waals surface area (Å²) >= 11 is 0. The molecule has 2 aromatic rings. The molecule has 0 saturated carbocycles. The number of amides is 1. The van der Waals surface area contributed by atoms with Gasteiger partial charge in [-0.05, 0) is 25.5 Å². The molecule has 0 aliphatic rings. The van der Waals surface area contributed by atoms with Crippen LogP contribution in [0.5, 0.6) is 0 Å². The van der Waals surface area contributed by atoms with Crippen LogP contribution in [0.2, 0.25) is 0 Å². The molecule has 0 radical (unpaired) electrons. The van der Waals surface area contributed by atoms with Crippen LogP contribution in [0.3, 0.4) is 0 Å². The summed E-state index contributed by atoms with van der Waals surface area (Å²) < 4.78 is 5.19. The zero-order chi connectivity index (χ0) is 13.7. The molecule has 0 saturated heterocycles. The largest absolute Gasteiger partial charge is 0.349 e. The highest BCUT2D eigenvalue weighted by atomic mass is 16.5. The smallest absolute Gasteiger partial charge is 0.257 e. The molecule has 1 N–H and O–H groups in total. The second kappa shape index (κ2) is 6.13. The van der Waals surface area contributed by atoms with Gasteiger partial charge < -0.3 is 9.84 Å². The first-order valence-electron chi connectivity index (χ1n) is 6.35. The summed E-state index contributed by atoms with van der Waals surface area (Å²) in [6.07, 6.45) is 1.34. The standard InChI is InChI=1S/C14H17N3O2/c1-3-5-13(18)15-9-12-16-14(19-17-12)11-7-4-6-10(2)8-11/h4,6-8H,3,5,9H2,1-2H3,(H,15,18). The Bertz CT molecular complexity index is 563. The zero-order valence-electron chi connectivity index (χ0n) is 11.1. The highest BCUT2D eigenvalue weighted by Crippen LogP contribution is 2.17. The summed E-state index contributed by atoms with van der Waals surface area (Å²) in [5.41, 5.74) is 2.02. The number of carbonyl (C=O) groups is 1. The molecule has 100 valence electrons. The molecule has 1 amide bonds. The predicted molar refractivity (Wildman–Crippen MR) is 71.2 cm³/mol. The van der Waals surface area contributed by atoms with Gasteiger partial charge in [0.25, 0.3) is 5.89 Å². The number of carbonyl (C=O) groups excluding carboxylic acids is 1. The van der Waals surface area contributed by atoms with Gasteiger partial charge in [-0.15, -0.1) is 0 Å². The van der Waals surface area contributed by atoms with E-state index in [2.05, 4.69) is 15.5 Å². The first-order valence-corrected chi connectivity index (χ1v) is 6.35. The molecule has 0 bridgehead atoms. The van der Waals surface area contributed by atoms with Crippen molar-refractivity contribution in [2.24, 2.45) is 0 Å². The van der Waals surface area contributed by atoms with E-state index in [0.29, 0.717) is 24.7 Å². The van der Waals surface area contributed by atoms with Crippen molar-refractivity contribution in [1.82, 2.24) is 15.5 Å². The highest BCUT2D eigenvalue weighted by Gasteiger charge is 2.09. The van der Waals surface area contributed by atoms with Crippen molar-refractivity contribution >= 4 is 5.91 Å². The summed E-state index contributed by atoms with van der Waals surface area (Å²) in [6, 6.07) is 7.84. The third-order valence-corrected chi connectivity index (χ3v) is 2.65. The molecule has 2 rings (SSSR count). The van der Waals surface area contributed by atoms with E-state index in [9.17, 15) is 4.79 Å². The van der Waals surface area contributed by atoms with Crippen LogP contribution < -0.4 is 5.32 Å². The molecule has 0 fully saturated rings. The van der Waals surface area contributed by atoms with Gasteiger partial charge in [0.05, 0.1) is 6.54 Å². The van der Waals surface area contributed by atoms with Crippen molar-refractivity contribution in [1.29, 1.82) is 0 Å². The van der Waals surface area contributed by atoms with Gasteiger partial charge >= 0.3 is 0 Å². The minimum Gasteiger partial charge on any atom is -0.349 e. The van der Waals surface area contributed by atoms with Crippen LogP contribution in [0.25, 0.3) is 11.5 Å². The second-order valence-corrected chi connectivity index (χ2v) is 4.41. The molecule has 0 unspecified atom stereocenters. The van der Waals surface area contributed by atoms with E-state index in [1.54, 1.807) is 0 Å². The number of aromatic nitrogens is 2. The average Bonchev–Trinajstić information content (AvgIpc) is 2.85. The summed E-state index contributed by atoms with van der Waals surface area (Å²) in [5.74, 6) is 0.966. The molecule has 0 aliphatic heterocycles. The Morgan fingerprint density at radius 1 is 1.42 bits per heavy atom. The fourth-order valence-electron chi connectivity index (χ4n) is 1.71. The molecule has 1 heterocycles. The minimum absolute atomic E-state index is 0.00408. The fraction of sp³-hybridized carbons (Fsp3) is 0.357. The lowest BCUT2D eigenvalue weighted by Gasteiger charge is -1.99. The van der Waals surface area contributed by atoms with Gasteiger partial charge in [-0.25, -0.2) is 0 Å². The van der Waals surface area contributed by atoms with Crippen molar-refractivity contribution in [2.45, 2.75) is 33.2 Å². The van der Waals surface area contributed by atoms with Crippen LogP contribution in [-0.4, -0.2) is 16.0 Å². The van der Waals surface area contributed by atoms with E-state index >= 15 is 0 Å². The minimum atomic E-state index is 0.00408. The summed E-state index contributed by atoms with van der Waals surface area (Å²) in [4.78, 5) is 15.6. The van der Waals surface area contributed by atoms with E-state index in [4.69, 9.17) is 4.52 Å². The molecule has 5 heteroatoms. The molecule has 1 aromatic heterocycles. The van der Waals surface area contributed by atoms with Crippen LogP contribution >= 0.6 is 0 Å². The Morgan fingerprint density at radius 3 is 3.00 bits per heavy atom. The van der Waals surface area contributed by atoms with Crippen molar-refractivity contribution in [2.75, 3.05) is 0 Å². The van der Waals surface area contributed by atoms with Crippen LogP contribution in [0.4, 0.5) is 0 Å². The lowest BCUT2D eigenvalue weighted by molar-refractivity contribution is -0.121. The van der Waals surface area contributed by atoms with E-state index in [-0.39, 0.29) is 5.91 Å².